The predicted molar refractivity (Wildman–Crippen MR) is 146 cm³/mol. The summed E-state index contributed by atoms with van der Waals surface area (Å²) in [6.45, 7) is 1.74. The largest absolute Gasteiger partial charge is 0.462 e. The van der Waals surface area contributed by atoms with Crippen LogP contribution in [0.1, 0.15) is 53.0 Å². The van der Waals surface area contributed by atoms with Crippen molar-refractivity contribution < 1.29 is 35.9 Å². The Kier molecular flexibility index (Phi) is 8.48. The summed E-state index contributed by atoms with van der Waals surface area (Å²) in [6, 6.07) is 10.3. The molecule has 1 aromatic heterocycles. The maximum Gasteiger partial charge on any atom is 0.433 e. The molecule has 2 aliphatic rings. The molecule has 2 aromatic carbocycles. The number of nitrogens with zero attached hydrogens (tertiary/aromatic N) is 4. The molecule has 0 saturated carbocycles. The van der Waals surface area contributed by atoms with Crippen LogP contribution < -0.4 is 4.90 Å². The van der Waals surface area contributed by atoms with E-state index in [1.165, 1.54) is 11.8 Å². The molecule has 0 amide bonds. The Bertz CT molecular complexity index is 1450. The molecule has 226 valence electrons. The van der Waals surface area contributed by atoms with Crippen molar-refractivity contribution in [2.24, 2.45) is 0 Å². The number of carbonyl (C=O) groups excluding carboxylic acids is 1. The van der Waals surface area contributed by atoms with E-state index < -0.39 is 42.2 Å². The Labute approximate surface area is 243 Å². The van der Waals surface area contributed by atoms with Crippen LogP contribution >= 0.6 is 11.6 Å². The lowest BCUT2D eigenvalue weighted by molar-refractivity contribution is -0.147. The van der Waals surface area contributed by atoms with Gasteiger partial charge in [-0.15, -0.1) is 0 Å². The summed E-state index contributed by atoms with van der Waals surface area (Å²) in [6.07, 6.45) is -6.71. The zero-order valence-electron chi connectivity index (χ0n) is 22.7. The van der Waals surface area contributed by atoms with E-state index in [1.807, 2.05) is 29.2 Å². The molecule has 0 radical (unpaired) electrons. The van der Waals surface area contributed by atoms with Gasteiger partial charge in [-0.1, -0.05) is 35.9 Å². The fraction of sp³-hybridized carbons (Fsp3) is 0.448. The Morgan fingerprint density at radius 2 is 1.86 bits per heavy atom. The van der Waals surface area contributed by atoms with Gasteiger partial charge in [-0.25, -0.2) is 4.79 Å². The average molecular weight is 615 g/mol. The van der Waals surface area contributed by atoms with E-state index in [2.05, 4.69) is 5.10 Å². The first-order valence-electron chi connectivity index (χ1n) is 13.6. The Morgan fingerprint density at radius 3 is 2.57 bits per heavy atom. The second-order valence-electron chi connectivity index (χ2n) is 10.5. The summed E-state index contributed by atoms with van der Waals surface area (Å²) in [5, 5.41) is 4.44. The normalized spacial score (nSPS) is 18.2. The number of alkyl halides is 6. The number of anilines is 1. The first-order chi connectivity index (χ1) is 19.8. The monoisotopic (exact) mass is 614 g/mol. The van der Waals surface area contributed by atoms with Crippen molar-refractivity contribution in [2.45, 2.75) is 51.1 Å². The van der Waals surface area contributed by atoms with Gasteiger partial charge in [0, 0.05) is 42.5 Å². The lowest BCUT2D eigenvalue weighted by Gasteiger charge is -2.36. The highest BCUT2D eigenvalue weighted by Crippen LogP contribution is 2.40. The van der Waals surface area contributed by atoms with E-state index >= 15 is 0 Å². The zero-order chi connectivity index (χ0) is 30.2. The molecule has 1 fully saturated rings. The summed E-state index contributed by atoms with van der Waals surface area (Å²) in [4.78, 5) is 15.6. The summed E-state index contributed by atoms with van der Waals surface area (Å²) in [7, 11) is 0. The third kappa shape index (κ3) is 6.54. The topological polar surface area (TPSA) is 50.6 Å². The van der Waals surface area contributed by atoms with E-state index in [4.69, 9.17) is 16.3 Å². The van der Waals surface area contributed by atoms with Crippen molar-refractivity contribution >= 4 is 23.3 Å². The maximum atomic E-state index is 14.1. The van der Waals surface area contributed by atoms with Crippen molar-refractivity contribution in [2.75, 3.05) is 37.7 Å². The minimum absolute atomic E-state index is 0.0649. The zero-order valence-corrected chi connectivity index (χ0v) is 23.5. The van der Waals surface area contributed by atoms with Gasteiger partial charge >= 0.3 is 18.3 Å². The number of ether oxygens (including phenoxy) is 1. The molecular formula is C29H29ClF6N4O2. The minimum Gasteiger partial charge on any atom is -0.462 e. The molecule has 1 atom stereocenters. The first kappa shape index (κ1) is 30.2. The molecule has 42 heavy (non-hydrogen) atoms. The third-order valence-corrected chi connectivity index (χ3v) is 7.85. The highest BCUT2D eigenvalue weighted by atomic mass is 35.5. The molecule has 3 aromatic rings. The van der Waals surface area contributed by atoms with Crippen molar-refractivity contribution in [3.05, 3.63) is 70.0 Å². The summed E-state index contributed by atoms with van der Waals surface area (Å²) < 4.78 is 86.8. The van der Waals surface area contributed by atoms with Crippen LogP contribution in [0, 0.1) is 0 Å². The number of fused-ring (bicyclic) bond motifs is 1. The van der Waals surface area contributed by atoms with Gasteiger partial charge in [0.1, 0.15) is 5.56 Å². The molecule has 0 bridgehead atoms. The number of hydrogen-bond donors (Lipinski definition) is 0. The van der Waals surface area contributed by atoms with Gasteiger partial charge in [0.25, 0.3) is 0 Å². The number of benzene rings is 2. The van der Waals surface area contributed by atoms with Crippen molar-refractivity contribution in [1.29, 1.82) is 0 Å². The number of esters is 1. The van der Waals surface area contributed by atoms with E-state index in [0.29, 0.717) is 30.8 Å². The van der Waals surface area contributed by atoms with Crippen LogP contribution in [0.25, 0.3) is 11.1 Å². The van der Waals surface area contributed by atoms with Gasteiger partial charge in [-0.2, -0.15) is 31.4 Å². The smallest absolute Gasteiger partial charge is 0.433 e. The molecule has 3 heterocycles. The van der Waals surface area contributed by atoms with E-state index in [0.717, 1.165) is 38.8 Å². The van der Waals surface area contributed by atoms with Crippen LogP contribution in [0.3, 0.4) is 0 Å². The first-order valence-corrected chi connectivity index (χ1v) is 14.0. The number of rotatable bonds is 6. The van der Waals surface area contributed by atoms with E-state index in [-0.39, 0.29) is 26.2 Å². The molecule has 1 saturated heterocycles. The van der Waals surface area contributed by atoms with Crippen LogP contribution in [-0.2, 0) is 23.9 Å². The van der Waals surface area contributed by atoms with Crippen LogP contribution in [0.15, 0.2) is 42.6 Å². The standard InChI is InChI=1S/C29H29ClF6N4O2/c1-2-42-27(41)24-14-37-40(26(24)29(34,35)36)22-4-3-10-39(16-22)25-13-21(30)7-8-23(25)19-5-6-20-15-38(17-28(31,32)33)11-9-18(20)12-19/h5-8,12-14,22H,2-4,9-11,15-17H2,1H3. The summed E-state index contributed by atoms with van der Waals surface area (Å²) in [5.74, 6) is -1.07. The van der Waals surface area contributed by atoms with Gasteiger partial charge in [0.05, 0.1) is 25.4 Å². The fourth-order valence-corrected chi connectivity index (χ4v) is 6.00. The molecular weight excluding hydrogens is 586 g/mol. The Morgan fingerprint density at radius 1 is 1.07 bits per heavy atom. The molecule has 0 N–H and O–H groups in total. The fourth-order valence-electron chi connectivity index (χ4n) is 5.83. The molecule has 6 nitrogen and oxygen atoms in total. The Hall–Kier alpha value is -3.25. The quantitative estimate of drug-likeness (QED) is 0.218. The van der Waals surface area contributed by atoms with Gasteiger partial charge in [-0.05, 0) is 55.0 Å². The van der Waals surface area contributed by atoms with Crippen LogP contribution in [0.2, 0.25) is 5.02 Å². The number of hydrogen-bond acceptors (Lipinski definition) is 5. The minimum atomic E-state index is -4.82. The van der Waals surface area contributed by atoms with Crippen molar-refractivity contribution in [3.63, 3.8) is 0 Å². The maximum absolute atomic E-state index is 14.1. The summed E-state index contributed by atoms with van der Waals surface area (Å²) in [5.41, 5.74) is 2.42. The molecule has 13 heteroatoms. The highest BCUT2D eigenvalue weighted by Gasteiger charge is 2.43. The SMILES string of the molecule is CCOC(=O)c1cnn(C2CCCN(c3cc(Cl)ccc3-c3ccc4c(c3)CCN(CC(F)(F)F)C4)C2)c1C(F)(F)F. The van der Waals surface area contributed by atoms with Gasteiger partial charge < -0.3 is 9.64 Å². The molecule has 0 aliphatic carbocycles. The number of aromatic nitrogens is 2. The second kappa shape index (κ2) is 11.8. The third-order valence-electron chi connectivity index (χ3n) is 7.61. The predicted octanol–water partition coefficient (Wildman–Crippen LogP) is 7.16. The Balaban J connectivity index is 1.44. The van der Waals surface area contributed by atoms with Crippen molar-refractivity contribution in [1.82, 2.24) is 14.7 Å². The second-order valence-corrected chi connectivity index (χ2v) is 11.0. The number of carbonyl (C=O) groups is 1. The van der Waals surface area contributed by atoms with E-state index in [9.17, 15) is 31.1 Å². The average Bonchev–Trinajstić information content (AvgIpc) is 3.39. The molecule has 0 spiro atoms. The lowest BCUT2D eigenvalue weighted by Crippen LogP contribution is -2.38. The van der Waals surface area contributed by atoms with Gasteiger partial charge in [-0.3, -0.25) is 9.58 Å². The summed E-state index contributed by atoms with van der Waals surface area (Å²) >= 11 is 6.37. The molecule has 2 aliphatic heterocycles. The van der Waals surface area contributed by atoms with Gasteiger partial charge in [0.2, 0.25) is 0 Å². The molecule has 5 rings (SSSR count). The van der Waals surface area contributed by atoms with Crippen LogP contribution in [0.5, 0.6) is 0 Å². The lowest BCUT2D eigenvalue weighted by atomic mass is 9.93. The number of piperidine rings is 1. The van der Waals surface area contributed by atoms with Crippen LogP contribution in [-0.4, -0.2) is 59.6 Å². The highest BCUT2D eigenvalue weighted by molar-refractivity contribution is 6.31. The van der Waals surface area contributed by atoms with E-state index in [1.54, 1.807) is 12.1 Å². The number of halogens is 7. The molecule has 1 unspecified atom stereocenters. The van der Waals surface area contributed by atoms with Gasteiger partial charge in [0.15, 0.2) is 5.69 Å². The van der Waals surface area contributed by atoms with Crippen LogP contribution in [0.4, 0.5) is 32.0 Å². The van der Waals surface area contributed by atoms with Crippen molar-refractivity contribution in [3.8, 4) is 11.1 Å².